The Bertz CT molecular complexity index is 7990. The van der Waals surface area contributed by atoms with Crippen LogP contribution in [0.2, 0.25) is 0 Å². The molecule has 0 saturated heterocycles. The number of hydrogen-bond acceptors (Lipinski definition) is 8. The predicted octanol–water partition coefficient (Wildman–Crippen LogP) is 33.9. The summed E-state index contributed by atoms with van der Waals surface area (Å²) in [6.07, 6.45) is 14.2. The second kappa shape index (κ2) is 35.7. The number of rotatable bonds is 6. The van der Waals surface area contributed by atoms with E-state index in [9.17, 15) is 0 Å². The minimum absolute atomic E-state index is 0.177. The normalized spacial score (nSPS) is 15.6. The van der Waals surface area contributed by atoms with Crippen LogP contribution in [-0.4, -0.2) is 54.6 Å². The molecule has 26 rings (SSSR count). The van der Waals surface area contributed by atoms with E-state index < -0.39 is 0 Å². The quantitative estimate of drug-likeness (QED) is 0.163. The topological polar surface area (TPSA) is 25.9 Å². The fourth-order valence-electron chi connectivity index (χ4n) is 23.0. The number of fused-ring (bicyclic) bond motifs is 33. The van der Waals surface area contributed by atoms with Crippen molar-refractivity contribution in [2.75, 3.05) is 43.5 Å². The minimum atomic E-state index is 0.177. The Kier molecular flexibility index (Phi) is 22.3. The van der Waals surface area contributed by atoms with Gasteiger partial charge in [-0.1, -0.05) is 322 Å². The van der Waals surface area contributed by atoms with Gasteiger partial charge < -0.3 is 39.2 Å². The van der Waals surface area contributed by atoms with Crippen molar-refractivity contribution in [1.29, 1.82) is 0 Å². The molecule has 8 nitrogen and oxygen atoms in total. The zero-order chi connectivity index (χ0) is 94.5. The average Bonchev–Trinajstić information content (AvgIpc) is 1.46. The maximum absolute atomic E-state index is 2.49. The summed E-state index contributed by atoms with van der Waals surface area (Å²) in [5, 5.41) is 0. The zero-order valence-corrected chi connectivity index (χ0v) is 81.0. The van der Waals surface area contributed by atoms with Crippen LogP contribution in [0.25, 0.3) is 178 Å². The van der Waals surface area contributed by atoms with Gasteiger partial charge in [-0.25, -0.2) is 0 Å². The summed E-state index contributed by atoms with van der Waals surface area (Å²) in [7, 11) is 4.32. The summed E-state index contributed by atoms with van der Waals surface area (Å²) in [5.41, 5.74) is 55.1. The molecule has 8 heteroatoms. The van der Waals surface area contributed by atoms with Crippen LogP contribution in [0.3, 0.4) is 0 Å². The molecule has 18 aromatic rings. The standard InChI is InChI=1S/C35H28N2.C34H28N2.C32H30N2.C30H26N2/c1-24-22-33-31-18-10-8-16-29(31)27-14-6-7-15-28(27)30-17-9-11-19-32(30)34(33)23-35(24)37-21-20-36(25(37)2)26-12-4-3-5-13-26;1-22-20-30-28-16-8-6-14-26(28)24-12-4-5-13-25(24)27-15-7-9-17-29(27)31(30)21-34(22)36-23(2)35(3)32-18-10-11-19-33(32)36;1-21(2)33-17-18-34(23(33)4)32-20-31-29-16-10-8-14-27(29)25-12-6-5-11-24(25)26-13-7-9-15-28(26)30(31)19-22(32)3;1-20-18-28-26-14-8-6-12-24(26)22-10-4-5-11-23(22)25-13-7-9-15-27(25)29(28)19-30(20)32-17-16-31(3)21(32)2/h3-23,25H,1-2H3;4-21,23H,1-3H3;5-21,23H,1-4H3;4-19,21H,1-3H3/t25-;2*23-;21-/m0000/s1. The highest BCUT2D eigenvalue weighted by Gasteiger charge is 2.37. The number of aryl methyl sites for hydroxylation is 4. The molecule has 0 bridgehead atoms. The van der Waals surface area contributed by atoms with Crippen LogP contribution < -0.4 is 29.4 Å². The highest BCUT2D eigenvalue weighted by Crippen LogP contribution is 2.57. The van der Waals surface area contributed by atoms with Crippen LogP contribution in [0.4, 0.5) is 39.8 Å². The zero-order valence-electron chi connectivity index (χ0n) is 81.0. The van der Waals surface area contributed by atoms with Crippen molar-refractivity contribution >= 4 is 39.8 Å². The summed E-state index contributed by atoms with van der Waals surface area (Å²) >= 11 is 0. The van der Waals surface area contributed by atoms with Gasteiger partial charge >= 0.3 is 0 Å². The van der Waals surface area contributed by atoms with Gasteiger partial charge in [-0.05, 0) is 342 Å². The van der Waals surface area contributed by atoms with E-state index in [1.165, 1.54) is 240 Å². The Balaban J connectivity index is 0.000000104. The number of para-hydroxylation sites is 3. The van der Waals surface area contributed by atoms with E-state index in [1.807, 2.05) is 0 Å². The van der Waals surface area contributed by atoms with E-state index in [2.05, 4.69) is 554 Å². The van der Waals surface area contributed by atoms with Crippen LogP contribution in [-0.2, 0) is 0 Å². The molecule has 139 heavy (non-hydrogen) atoms. The van der Waals surface area contributed by atoms with Crippen molar-refractivity contribution in [1.82, 2.24) is 9.80 Å². The van der Waals surface area contributed by atoms with E-state index >= 15 is 0 Å². The van der Waals surface area contributed by atoms with E-state index in [-0.39, 0.29) is 18.5 Å². The Morgan fingerprint density at radius 2 is 0.388 bits per heavy atom. The van der Waals surface area contributed by atoms with Crippen molar-refractivity contribution in [2.24, 2.45) is 0 Å². The van der Waals surface area contributed by atoms with Gasteiger partial charge in [-0.15, -0.1) is 0 Å². The number of anilines is 7. The molecule has 4 atom stereocenters. The summed E-state index contributed by atoms with van der Waals surface area (Å²) in [5.74, 6) is 0. The van der Waals surface area contributed by atoms with Crippen LogP contribution in [0.15, 0.2) is 432 Å². The van der Waals surface area contributed by atoms with Crippen molar-refractivity contribution < 1.29 is 0 Å². The first-order valence-corrected chi connectivity index (χ1v) is 49.1. The number of benzene rings is 18. The Morgan fingerprint density at radius 3 is 0.655 bits per heavy atom. The van der Waals surface area contributed by atoms with Gasteiger partial charge in [0, 0.05) is 85.8 Å². The van der Waals surface area contributed by atoms with E-state index in [0.717, 1.165) is 0 Å². The lowest BCUT2D eigenvalue weighted by Crippen LogP contribution is -2.39. The SMILES string of the molecule is Cc1cc2c(cc1N1C=CN(C(C)C)[C@@H]1C)-c1ccccc1-c1ccccc1-c1ccccc1-2.Cc1cc2c(cc1N1C=CN(C)[C@@H]1C)-c1ccccc1-c1ccccc1-c1ccccc1-2.Cc1cc2c(cc1N1C=CN(c3ccccc3)[C@@H]1C)-c1ccccc1-c1ccccc1-c1ccccc1-2.Cc1cc2c(cc1N1c3ccccc3N(C)[C@@H]1C)-c1ccccc1-c1ccccc1-c1ccccc1-2. The minimum Gasteiger partial charge on any atom is -0.359 e. The third kappa shape index (κ3) is 14.9. The first-order valence-electron chi connectivity index (χ1n) is 49.1. The third-order valence-electron chi connectivity index (χ3n) is 30.2. The van der Waals surface area contributed by atoms with Crippen molar-refractivity contribution in [2.45, 2.75) is 99.9 Å². The van der Waals surface area contributed by atoms with Gasteiger partial charge in [0.1, 0.15) is 24.7 Å². The first kappa shape index (κ1) is 86.7. The molecule has 8 aliphatic rings. The second-order valence-corrected chi connectivity index (χ2v) is 38.3. The molecule has 0 saturated carbocycles. The lowest BCUT2D eigenvalue weighted by molar-refractivity contribution is 0.263. The number of hydrogen-bond donors (Lipinski definition) is 0. The molecule has 0 amide bonds. The van der Waals surface area contributed by atoms with E-state index in [1.54, 1.807) is 0 Å². The largest absolute Gasteiger partial charge is 0.359 e. The second-order valence-electron chi connectivity index (χ2n) is 38.3. The van der Waals surface area contributed by atoms with Crippen molar-refractivity contribution in [3.8, 4) is 178 Å². The van der Waals surface area contributed by atoms with E-state index in [0.29, 0.717) is 12.2 Å². The Labute approximate surface area is 819 Å². The van der Waals surface area contributed by atoms with E-state index in [4.69, 9.17) is 0 Å². The molecular weight excluding hydrogens is 1690 g/mol. The molecule has 0 unspecified atom stereocenters. The highest BCUT2D eigenvalue weighted by atomic mass is 15.4. The molecule has 0 spiro atoms. The maximum atomic E-state index is 2.49. The predicted molar refractivity (Wildman–Crippen MR) is 589 cm³/mol. The molecule has 0 aromatic heterocycles. The van der Waals surface area contributed by atoms with Gasteiger partial charge in [0.05, 0.1) is 11.4 Å². The number of nitrogens with zero attached hydrogens (tertiary/aromatic N) is 8. The molecule has 4 aliphatic carbocycles. The van der Waals surface area contributed by atoms with Gasteiger partial charge in [0.15, 0.2) is 0 Å². The van der Waals surface area contributed by atoms with Gasteiger partial charge in [-0.2, -0.15) is 0 Å². The molecule has 0 N–H and O–H groups in total. The first-order chi connectivity index (χ1) is 68.0. The van der Waals surface area contributed by atoms with Crippen LogP contribution in [0.5, 0.6) is 0 Å². The van der Waals surface area contributed by atoms with Gasteiger partial charge in [0.2, 0.25) is 0 Å². The summed E-state index contributed by atoms with van der Waals surface area (Å²) in [4.78, 5) is 19.0. The van der Waals surface area contributed by atoms with Gasteiger partial charge in [0.25, 0.3) is 0 Å². The Hall–Kier alpha value is -16.4. The fraction of sp³-hybridized carbons (Fsp3) is 0.130. The molecular formula is C131H112N8. The average molecular weight is 1800 g/mol. The summed E-state index contributed by atoms with van der Waals surface area (Å²) < 4.78 is 0. The molecule has 4 aliphatic heterocycles. The molecule has 4 heterocycles. The molecule has 0 fully saturated rings. The summed E-state index contributed by atoms with van der Waals surface area (Å²) in [6, 6.07) is 145. The molecule has 0 radical (unpaired) electrons. The lowest BCUT2D eigenvalue weighted by atomic mass is 9.80. The van der Waals surface area contributed by atoms with Crippen LogP contribution in [0, 0.1) is 27.7 Å². The van der Waals surface area contributed by atoms with Crippen molar-refractivity contribution in [3.05, 3.63) is 454 Å². The smallest absolute Gasteiger partial charge is 0.107 e. The Morgan fingerprint density at radius 1 is 0.180 bits per heavy atom. The highest BCUT2D eigenvalue weighted by molar-refractivity contribution is 6.10. The lowest BCUT2D eigenvalue weighted by Gasteiger charge is -2.34. The van der Waals surface area contributed by atoms with Gasteiger partial charge in [-0.3, -0.25) is 0 Å². The maximum Gasteiger partial charge on any atom is 0.107 e. The summed E-state index contributed by atoms with van der Waals surface area (Å²) in [6.45, 7) is 22.6. The monoisotopic (exact) mass is 1800 g/mol. The molecule has 18 aromatic carbocycles. The van der Waals surface area contributed by atoms with Crippen LogP contribution in [0.1, 0.15) is 63.8 Å². The van der Waals surface area contributed by atoms with Crippen LogP contribution >= 0.6 is 0 Å². The molecule has 676 valence electrons. The third-order valence-corrected chi connectivity index (χ3v) is 30.2. The fourth-order valence-corrected chi connectivity index (χ4v) is 23.0. The van der Waals surface area contributed by atoms with Crippen molar-refractivity contribution in [3.63, 3.8) is 0 Å².